The van der Waals surface area contributed by atoms with Crippen LogP contribution >= 0.6 is 0 Å². The number of ether oxygens (including phenoxy) is 2. The Bertz CT molecular complexity index is 5600. The third-order valence-electron chi connectivity index (χ3n) is 21.9. The van der Waals surface area contributed by atoms with Crippen molar-refractivity contribution in [2.75, 3.05) is 108 Å². The number of carbonyl (C=O) groups excluding carboxylic acids is 5. The summed E-state index contributed by atoms with van der Waals surface area (Å²) in [5.41, 5.74) is 5.78. The van der Waals surface area contributed by atoms with Crippen LogP contribution < -0.4 is 66.4 Å². The first-order valence-electron chi connectivity index (χ1n) is 41.9. The van der Waals surface area contributed by atoms with Crippen LogP contribution in [-0.2, 0) is 70.3 Å². The molecule has 0 spiro atoms. The minimum Gasteiger partial charge on any atom is -0.744 e. The molecule has 0 aliphatic carbocycles. The Balaban J connectivity index is 0.739. The Morgan fingerprint density at radius 2 is 1.23 bits per heavy atom. The number of nitrogens with one attached hydrogen (secondary N) is 10. The molecule has 0 saturated heterocycles. The molecular formula is C87H114N14O19S4. The van der Waals surface area contributed by atoms with E-state index >= 15 is 0 Å². The number of carboxylic acid groups (broad SMARTS) is 1. The van der Waals surface area contributed by atoms with E-state index in [1.807, 2.05) is 82.3 Å². The highest BCUT2D eigenvalue weighted by molar-refractivity contribution is 7.89. The Kier molecular flexibility index (Phi) is 33.4. The highest BCUT2D eigenvalue weighted by Crippen LogP contribution is 2.52. The molecule has 6 aromatic carbocycles. The normalized spacial score (nSPS) is 15.9. The van der Waals surface area contributed by atoms with Gasteiger partial charge in [-0.15, -0.1) is 0 Å². The minimum atomic E-state index is -4.89. The summed E-state index contributed by atoms with van der Waals surface area (Å²) in [6.45, 7) is 18.3. The number of guanidine groups is 2. The number of unbranched alkanes of at least 4 members (excludes halogenated alkanes) is 4. The molecule has 37 heteroatoms. The Hall–Kier alpha value is -10.7. The first kappa shape index (κ1) is 95.6. The van der Waals surface area contributed by atoms with Gasteiger partial charge >= 0.3 is 5.97 Å². The molecule has 0 radical (unpaired) electrons. The number of fused-ring (bicyclic) bond motifs is 6. The standard InChI is InChI=1S/C87H114N14O19S4/c1-8-100-71-37-35-65-59(3)55-64(123(113,114)115)56-68(65)80(71)86(4,5)75(100)23-13-10-14-24-76-87(6,7)79-67-53-58(2)54-74(124(116,117)118)66(67)36-38-72(79)101(76)48-17-11-16-26-78(104)98-69(82(106)89-47-51-121(109,110)97-43-18-22-73(102)60-27-31-62(32-28-60)119-49-44-94-84-90-39-19-40-91-84)21-12-9-15-25-77(103)88-46-52-122(111,112)99-70(83(107)108)57-96-81(105)61-29-33-63(34-30-61)120-50-45-95-85-92-41-20-42-93-85/h10,13-14,23-24,27-38,53-56,69-70,97,99H,8-9,11-12,15-22,25-26,39-52,57H2,1-7H3,(H10-,88,89,90,91,92,93,94,95,96,98,103,104,105,106,107,108,113,114,115,116,117,118)/t69?,70-/m0/s1. The fourth-order valence-electron chi connectivity index (χ4n) is 15.7. The van der Waals surface area contributed by atoms with Gasteiger partial charge in [0, 0.05) is 130 Å². The van der Waals surface area contributed by atoms with Crippen LogP contribution in [-0.4, -0.2) is 221 Å². The lowest BCUT2D eigenvalue weighted by molar-refractivity contribution is -0.438. The van der Waals surface area contributed by atoms with E-state index in [1.54, 1.807) is 49.4 Å². The molecule has 4 aliphatic heterocycles. The number of hydrogen-bond acceptors (Lipinski definition) is 24. The first-order chi connectivity index (χ1) is 58.9. The minimum absolute atomic E-state index is 0.00863. The van der Waals surface area contributed by atoms with Gasteiger partial charge in [0.25, 0.3) is 16.0 Å². The first-order valence-corrected chi connectivity index (χ1v) is 48.0. The number of rotatable bonds is 46. The number of aliphatic carboxylic acids is 1. The largest absolute Gasteiger partial charge is 0.744 e. The van der Waals surface area contributed by atoms with Gasteiger partial charge in [0.1, 0.15) is 53.5 Å². The third kappa shape index (κ3) is 26.2. The third-order valence-corrected chi connectivity index (χ3v) is 26.4. The zero-order valence-corrected chi connectivity index (χ0v) is 74.3. The molecule has 1 unspecified atom stereocenters. The molecule has 0 bridgehead atoms. The number of sulfonamides is 2. The monoisotopic (exact) mass is 1790 g/mol. The second-order valence-corrected chi connectivity index (χ2v) is 38.5. The average molecular weight is 1790 g/mol. The molecule has 2 atom stereocenters. The molecule has 12 N–H and O–H groups in total. The Morgan fingerprint density at radius 3 is 1.85 bits per heavy atom. The number of nitrogens with zero attached hydrogens (tertiary/aromatic N) is 4. The van der Waals surface area contributed by atoms with Crippen molar-refractivity contribution < 1.29 is 90.7 Å². The van der Waals surface area contributed by atoms with Gasteiger partial charge in [0.15, 0.2) is 23.4 Å². The number of anilines is 1. The molecule has 6 aromatic rings. The van der Waals surface area contributed by atoms with Gasteiger partial charge in [0.2, 0.25) is 43.5 Å². The second kappa shape index (κ2) is 43.3. The van der Waals surface area contributed by atoms with Gasteiger partial charge in [-0.3, -0.25) is 43.3 Å². The highest BCUT2D eigenvalue weighted by Gasteiger charge is 2.46. The number of amides is 4. The van der Waals surface area contributed by atoms with Crippen LogP contribution in [0.2, 0.25) is 0 Å². The molecule has 4 aliphatic rings. The van der Waals surface area contributed by atoms with E-state index in [1.165, 1.54) is 30.3 Å². The predicted molar refractivity (Wildman–Crippen MR) is 476 cm³/mol. The van der Waals surface area contributed by atoms with Crippen molar-refractivity contribution in [2.45, 2.75) is 165 Å². The quantitative estimate of drug-likeness (QED) is 0.00590. The summed E-state index contributed by atoms with van der Waals surface area (Å²) in [6.07, 6.45) is 14.3. The number of hydrogen-bond donors (Lipinski definition) is 12. The number of aliphatic imine (C=N–C) groups is 2. The van der Waals surface area contributed by atoms with Crippen molar-refractivity contribution in [3.8, 4) is 11.5 Å². The number of benzene rings is 6. The molecule has 0 saturated carbocycles. The van der Waals surface area contributed by atoms with Gasteiger partial charge in [-0.2, -0.15) is 17.7 Å². The summed E-state index contributed by atoms with van der Waals surface area (Å²) in [4.78, 5) is 89.5. The topological polar surface area (TPSA) is 472 Å². The van der Waals surface area contributed by atoms with Crippen molar-refractivity contribution in [3.05, 3.63) is 167 Å². The van der Waals surface area contributed by atoms with Crippen molar-refractivity contribution in [1.29, 1.82) is 0 Å². The number of allylic oxidation sites excluding steroid dienone is 6. The fraction of sp³-hybridized carbons (Fsp3) is 0.460. The van der Waals surface area contributed by atoms with E-state index in [-0.39, 0.29) is 79.3 Å². The van der Waals surface area contributed by atoms with Crippen LogP contribution in [0.15, 0.2) is 153 Å². The van der Waals surface area contributed by atoms with E-state index in [4.69, 9.17) is 9.47 Å². The lowest BCUT2D eigenvalue weighted by Crippen LogP contribution is -2.49. The summed E-state index contributed by atoms with van der Waals surface area (Å²) in [6, 6.07) is 23.6. The maximum Gasteiger partial charge on any atom is 0.323 e. The van der Waals surface area contributed by atoms with Crippen molar-refractivity contribution in [2.24, 2.45) is 9.98 Å². The summed E-state index contributed by atoms with van der Waals surface area (Å²) in [5.74, 6) is -2.79. The molecule has 0 fully saturated rings. The molecule has 0 aromatic heterocycles. The lowest BCUT2D eigenvalue weighted by atomic mass is 9.78. The van der Waals surface area contributed by atoms with E-state index in [0.717, 1.165) is 89.7 Å². The summed E-state index contributed by atoms with van der Waals surface area (Å²) < 4.78 is 144. The van der Waals surface area contributed by atoms with Crippen LogP contribution in [0, 0.1) is 13.8 Å². The second-order valence-electron chi connectivity index (χ2n) is 31.9. The van der Waals surface area contributed by atoms with Crippen LogP contribution in [0.25, 0.3) is 21.5 Å². The summed E-state index contributed by atoms with van der Waals surface area (Å²) in [5, 5.41) is 35.4. The number of carboxylic acids is 1. The molecule has 4 amide bonds. The van der Waals surface area contributed by atoms with Crippen LogP contribution in [0.5, 0.6) is 11.5 Å². The lowest BCUT2D eigenvalue weighted by Gasteiger charge is -2.26. The zero-order valence-electron chi connectivity index (χ0n) is 71.0. The van der Waals surface area contributed by atoms with Crippen LogP contribution in [0.1, 0.15) is 161 Å². The van der Waals surface area contributed by atoms with Crippen molar-refractivity contribution in [3.63, 3.8) is 0 Å². The number of likely N-dealkylation sites (N-methyl/N-ethyl adjacent to an activating group) is 1. The summed E-state index contributed by atoms with van der Waals surface area (Å²) in [7, 11) is -17.7. The zero-order chi connectivity index (χ0) is 89.6. The van der Waals surface area contributed by atoms with Crippen LogP contribution in [0.3, 0.4) is 0 Å². The summed E-state index contributed by atoms with van der Waals surface area (Å²) >= 11 is 0. The van der Waals surface area contributed by atoms with Gasteiger partial charge in [-0.25, -0.2) is 30.0 Å². The van der Waals surface area contributed by atoms with Crippen molar-refractivity contribution in [1.82, 2.24) is 52.0 Å². The van der Waals surface area contributed by atoms with Gasteiger partial charge < -0.3 is 66.6 Å². The van der Waals surface area contributed by atoms with E-state index in [9.17, 15) is 76.7 Å². The number of aryl methyl sites for hydroxylation is 2. The maximum atomic E-state index is 14.0. The highest BCUT2D eigenvalue weighted by atomic mass is 32.2. The van der Waals surface area contributed by atoms with Gasteiger partial charge in [0.05, 0.1) is 39.8 Å². The molecule has 124 heavy (non-hydrogen) atoms. The fourth-order valence-corrected chi connectivity index (χ4v) is 19.2. The van der Waals surface area contributed by atoms with E-state index < -0.39 is 111 Å². The number of Topliss-reactive ketones (excluding diaryl/α,β-unsaturated/α-hetero) is 1. The maximum absolute atomic E-state index is 14.0. The Morgan fingerprint density at radius 1 is 0.621 bits per heavy atom. The van der Waals surface area contributed by atoms with E-state index in [2.05, 4.69) is 85.3 Å². The Labute approximate surface area is 725 Å². The molecule has 4 heterocycles. The smallest absolute Gasteiger partial charge is 0.323 e. The molecule has 670 valence electrons. The van der Waals surface area contributed by atoms with Crippen LogP contribution in [0.4, 0.5) is 11.4 Å². The van der Waals surface area contributed by atoms with E-state index in [0.29, 0.717) is 116 Å². The molecule has 10 rings (SSSR count). The predicted octanol–water partition coefficient (Wildman–Crippen LogP) is 7.20. The SMILES string of the molecule is CCN1C(=CC=CC=CC2=[N+](CCCCCC(=O)NC(CCCCCC(=O)NCCS(=O)(=O)N[C@@H](CNC(=O)c3ccc(OCCNC4=NCCCN4)cc3)C(=O)O)C(=O)NCCS(=O)(=O)NCCCC(=O)c3ccc(OCCNC4=NCCCN4)cc3)c3ccc4c(S(=O)(=O)[O-])cc(C)cc4c3C2(C)C)C(C)(C)c2c1ccc1c(C)cc(S(=O)(=O)O)cc21. The molecular weight excluding hydrogens is 1670 g/mol. The van der Waals surface area contributed by atoms with Gasteiger partial charge in [-0.05, 0) is 203 Å². The number of carbonyl (C=O) groups is 6. The van der Waals surface area contributed by atoms with Gasteiger partial charge in [-0.1, -0.05) is 57.0 Å². The molecule has 33 nitrogen and oxygen atoms in total. The average Bonchev–Trinajstić information content (AvgIpc) is 1.56. The number of ketones is 1. The van der Waals surface area contributed by atoms with Crippen molar-refractivity contribution >= 4 is 126 Å².